The van der Waals surface area contributed by atoms with E-state index in [0.717, 1.165) is 39.7 Å². The van der Waals surface area contributed by atoms with Crippen LogP contribution in [0.1, 0.15) is 67.9 Å². The first-order valence-electron chi connectivity index (χ1n) is 12.1. The number of hydrogen-bond acceptors (Lipinski definition) is 6. The van der Waals surface area contributed by atoms with Crippen LogP contribution < -0.4 is 0 Å². The number of hydrogen-bond donors (Lipinski definition) is 0. The molecule has 1 amide bonds. The van der Waals surface area contributed by atoms with E-state index in [0.29, 0.717) is 19.7 Å². The fourth-order valence-corrected chi connectivity index (χ4v) is 4.70. The lowest BCUT2D eigenvalue weighted by Gasteiger charge is -2.32. The number of nitrogens with zero attached hydrogens (tertiary/aromatic N) is 4. The summed E-state index contributed by atoms with van der Waals surface area (Å²) in [7, 11) is 1.87. The third-order valence-corrected chi connectivity index (χ3v) is 6.43. The molecule has 0 N–H and O–H groups in total. The Labute approximate surface area is 206 Å². The number of amides is 1. The Morgan fingerprint density at radius 2 is 1.91 bits per heavy atom. The molecule has 1 atom stereocenters. The molecule has 8 heteroatoms. The minimum atomic E-state index is -0.541. The summed E-state index contributed by atoms with van der Waals surface area (Å²) in [4.78, 5) is 27.0. The zero-order chi connectivity index (χ0) is 25.3. The van der Waals surface area contributed by atoms with Gasteiger partial charge in [0, 0.05) is 26.1 Å². The minimum absolute atomic E-state index is 0.206. The Hall–Kier alpha value is -3.42. The average Bonchev–Trinajstić information content (AvgIpc) is 3.18. The number of aromatic nitrogens is 3. The van der Waals surface area contributed by atoms with E-state index < -0.39 is 5.60 Å². The van der Waals surface area contributed by atoms with Crippen molar-refractivity contribution in [1.29, 1.82) is 0 Å². The summed E-state index contributed by atoms with van der Waals surface area (Å²) in [5.41, 5.74) is 6.54. The Bertz CT molecular complexity index is 1260. The largest absolute Gasteiger partial charge is 0.466 e. The molecule has 2 heterocycles. The molecule has 1 aromatic heterocycles. The van der Waals surface area contributed by atoms with E-state index in [-0.39, 0.29) is 24.4 Å². The SMILES string of the molecule is CCOC(=O)CC(c1ccc2c(c1)CN(C(=O)OC(C)(C)C)CC2)c1ccc2c(nnn2C)c1C. The van der Waals surface area contributed by atoms with E-state index in [1.54, 1.807) is 9.58 Å². The smallest absolute Gasteiger partial charge is 0.410 e. The summed E-state index contributed by atoms with van der Waals surface area (Å²) in [5.74, 6) is -0.452. The number of rotatable bonds is 5. The summed E-state index contributed by atoms with van der Waals surface area (Å²) >= 11 is 0. The molecular formula is C27H34N4O4. The molecule has 186 valence electrons. The third-order valence-electron chi connectivity index (χ3n) is 6.43. The number of ether oxygens (including phenoxy) is 2. The van der Waals surface area contributed by atoms with Gasteiger partial charge >= 0.3 is 12.1 Å². The van der Waals surface area contributed by atoms with Gasteiger partial charge in [-0.2, -0.15) is 0 Å². The van der Waals surface area contributed by atoms with E-state index in [4.69, 9.17) is 9.47 Å². The molecular weight excluding hydrogens is 444 g/mol. The predicted octanol–water partition coefficient (Wildman–Crippen LogP) is 4.66. The van der Waals surface area contributed by atoms with Crippen LogP contribution >= 0.6 is 0 Å². The van der Waals surface area contributed by atoms with Gasteiger partial charge < -0.3 is 14.4 Å². The second-order valence-corrected chi connectivity index (χ2v) is 10.1. The normalized spacial score (nSPS) is 14.5. The highest BCUT2D eigenvalue weighted by Gasteiger charge is 2.28. The van der Waals surface area contributed by atoms with Gasteiger partial charge in [0.05, 0.1) is 18.5 Å². The number of esters is 1. The lowest BCUT2D eigenvalue weighted by molar-refractivity contribution is -0.143. The highest BCUT2D eigenvalue weighted by molar-refractivity contribution is 5.80. The topological polar surface area (TPSA) is 86.6 Å². The van der Waals surface area contributed by atoms with Crippen LogP contribution in [0.5, 0.6) is 0 Å². The van der Waals surface area contributed by atoms with E-state index in [9.17, 15) is 9.59 Å². The molecule has 1 aliphatic heterocycles. The average molecular weight is 479 g/mol. The van der Waals surface area contributed by atoms with Gasteiger partial charge in [0.1, 0.15) is 11.1 Å². The second kappa shape index (κ2) is 9.68. The maximum Gasteiger partial charge on any atom is 0.410 e. The summed E-state index contributed by atoms with van der Waals surface area (Å²) in [6, 6.07) is 10.4. The van der Waals surface area contributed by atoms with Gasteiger partial charge in [-0.25, -0.2) is 9.48 Å². The number of benzene rings is 2. The summed E-state index contributed by atoms with van der Waals surface area (Å²) < 4.78 is 12.6. The summed E-state index contributed by atoms with van der Waals surface area (Å²) in [5, 5.41) is 8.49. The van der Waals surface area contributed by atoms with E-state index in [1.807, 2.05) is 47.7 Å². The van der Waals surface area contributed by atoms with Crippen molar-refractivity contribution < 1.29 is 19.1 Å². The molecule has 8 nitrogen and oxygen atoms in total. The first-order valence-corrected chi connectivity index (χ1v) is 12.1. The lowest BCUT2D eigenvalue weighted by atomic mass is 9.83. The van der Waals surface area contributed by atoms with Crippen LogP contribution in [0.3, 0.4) is 0 Å². The second-order valence-electron chi connectivity index (χ2n) is 10.1. The fourth-order valence-electron chi connectivity index (χ4n) is 4.70. The van der Waals surface area contributed by atoms with E-state index in [2.05, 4.69) is 34.6 Å². The van der Waals surface area contributed by atoms with Crippen molar-refractivity contribution >= 4 is 23.1 Å². The van der Waals surface area contributed by atoms with E-state index in [1.165, 1.54) is 5.56 Å². The fraction of sp³-hybridized carbons (Fsp3) is 0.481. The van der Waals surface area contributed by atoms with Gasteiger partial charge in [0.2, 0.25) is 0 Å². The summed E-state index contributed by atoms with van der Waals surface area (Å²) in [6.45, 7) is 10.9. The van der Waals surface area contributed by atoms with Gasteiger partial charge in [-0.1, -0.05) is 29.5 Å². The molecule has 0 aliphatic carbocycles. The Balaban J connectivity index is 1.70. The van der Waals surface area contributed by atoms with Crippen LogP contribution in [-0.4, -0.2) is 50.7 Å². The van der Waals surface area contributed by atoms with Gasteiger partial charge in [0.25, 0.3) is 0 Å². The number of aryl methyl sites for hydroxylation is 2. The predicted molar refractivity (Wildman–Crippen MR) is 133 cm³/mol. The van der Waals surface area contributed by atoms with Crippen molar-refractivity contribution in [1.82, 2.24) is 19.9 Å². The third kappa shape index (κ3) is 5.31. The number of carbonyl (C=O) groups excluding carboxylic acids is 2. The van der Waals surface area contributed by atoms with Crippen LogP contribution in [0.2, 0.25) is 0 Å². The molecule has 2 aromatic carbocycles. The molecule has 1 aliphatic rings. The monoisotopic (exact) mass is 478 g/mol. The standard InChI is InChI=1S/C27H34N4O4/c1-7-34-24(32)15-22(21-10-11-23-25(17(21)2)28-29-30(23)6)19-9-8-18-12-13-31(16-20(18)14-19)26(33)35-27(3,4)5/h8-11,14,22H,7,12-13,15-16H2,1-6H3. The van der Waals surface area contributed by atoms with Gasteiger partial charge in [-0.3, -0.25) is 4.79 Å². The number of fused-ring (bicyclic) bond motifs is 2. The molecule has 0 saturated heterocycles. The Kier molecular flexibility index (Phi) is 6.83. The first kappa shape index (κ1) is 24.7. The summed E-state index contributed by atoms with van der Waals surface area (Å²) in [6.07, 6.45) is 0.678. The van der Waals surface area contributed by atoms with Crippen molar-refractivity contribution in [2.75, 3.05) is 13.2 Å². The minimum Gasteiger partial charge on any atom is -0.466 e. The molecule has 4 rings (SSSR count). The first-order chi connectivity index (χ1) is 16.6. The molecule has 3 aromatic rings. The van der Waals surface area contributed by atoms with Gasteiger partial charge in [-0.15, -0.1) is 5.10 Å². The van der Waals surface area contributed by atoms with Crippen molar-refractivity contribution in [2.45, 2.75) is 65.5 Å². The molecule has 0 radical (unpaired) electrons. The van der Waals surface area contributed by atoms with Crippen LogP contribution in [0, 0.1) is 6.92 Å². The van der Waals surface area contributed by atoms with E-state index >= 15 is 0 Å². The Morgan fingerprint density at radius 3 is 2.63 bits per heavy atom. The zero-order valence-electron chi connectivity index (χ0n) is 21.4. The van der Waals surface area contributed by atoms with Gasteiger partial charge in [-0.05, 0) is 74.9 Å². The molecule has 1 unspecified atom stereocenters. The Morgan fingerprint density at radius 1 is 1.14 bits per heavy atom. The van der Waals surface area contributed by atoms with Crippen molar-refractivity contribution in [3.8, 4) is 0 Å². The van der Waals surface area contributed by atoms with Gasteiger partial charge in [0.15, 0.2) is 0 Å². The maximum atomic E-state index is 12.7. The molecule has 0 saturated carbocycles. The quantitative estimate of drug-likeness (QED) is 0.496. The van der Waals surface area contributed by atoms with Crippen LogP contribution in [0.25, 0.3) is 11.0 Å². The van der Waals surface area contributed by atoms with Crippen LogP contribution in [0.15, 0.2) is 30.3 Å². The molecule has 0 fully saturated rings. The molecule has 35 heavy (non-hydrogen) atoms. The number of carbonyl (C=O) groups is 2. The highest BCUT2D eigenvalue weighted by atomic mass is 16.6. The maximum absolute atomic E-state index is 12.7. The lowest BCUT2D eigenvalue weighted by Crippen LogP contribution is -2.39. The molecule has 0 spiro atoms. The van der Waals surface area contributed by atoms with Crippen molar-refractivity contribution in [3.63, 3.8) is 0 Å². The highest BCUT2D eigenvalue weighted by Crippen LogP contribution is 2.35. The van der Waals surface area contributed by atoms with Crippen molar-refractivity contribution in [3.05, 3.63) is 58.1 Å². The van der Waals surface area contributed by atoms with Crippen molar-refractivity contribution in [2.24, 2.45) is 7.05 Å². The molecule has 0 bridgehead atoms. The van der Waals surface area contributed by atoms with Crippen LogP contribution in [-0.2, 0) is 34.3 Å². The van der Waals surface area contributed by atoms with Crippen LogP contribution in [0.4, 0.5) is 4.79 Å². The zero-order valence-corrected chi connectivity index (χ0v) is 21.4.